The van der Waals surface area contributed by atoms with Crippen molar-refractivity contribution >= 4 is 16.8 Å². The molecule has 1 N–H and O–H groups in total. The van der Waals surface area contributed by atoms with E-state index in [0.29, 0.717) is 23.4 Å². The van der Waals surface area contributed by atoms with Gasteiger partial charge in [0.2, 0.25) is 5.88 Å². The van der Waals surface area contributed by atoms with Gasteiger partial charge in [0.05, 0.1) is 17.7 Å². The summed E-state index contributed by atoms with van der Waals surface area (Å²) < 4.78 is 44.4. The standard InChI is InChI=1S/C20H25F3N2O2/c1-5-27-19-17(18(26)24-10-6-7-12(2)3)13(4)15-9-8-14(20(21,22)23)11-16(15)25-19/h8-9,11-12H,5-7,10H2,1-4H3,(H,24,26). The molecule has 27 heavy (non-hydrogen) atoms. The third-order valence-electron chi connectivity index (χ3n) is 4.29. The SMILES string of the molecule is CCOc1nc2cc(C(F)(F)F)ccc2c(C)c1C(=O)NCCCC(C)C. The van der Waals surface area contributed by atoms with Gasteiger partial charge >= 0.3 is 6.18 Å². The molecule has 0 aliphatic heterocycles. The third-order valence-corrected chi connectivity index (χ3v) is 4.29. The molecule has 2 aromatic rings. The molecular formula is C20H25F3N2O2. The quantitative estimate of drug-likeness (QED) is 0.676. The number of amides is 1. The van der Waals surface area contributed by atoms with Gasteiger partial charge in [0, 0.05) is 11.9 Å². The highest BCUT2D eigenvalue weighted by atomic mass is 19.4. The zero-order valence-corrected chi connectivity index (χ0v) is 16.0. The van der Waals surface area contributed by atoms with Crippen LogP contribution in [0.2, 0.25) is 0 Å². The summed E-state index contributed by atoms with van der Waals surface area (Å²) in [6.45, 7) is 8.43. The number of alkyl halides is 3. The number of halogens is 3. The maximum Gasteiger partial charge on any atom is 0.416 e. The lowest BCUT2D eigenvalue weighted by atomic mass is 10.0. The van der Waals surface area contributed by atoms with Crippen LogP contribution in [0.3, 0.4) is 0 Å². The van der Waals surface area contributed by atoms with Crippen molar-refractivity contribution in [3.63, 3.8) is 0 Å². The fourth-order valence-corrected chi connectivity index (χ4v) is 2.89. The number of ether oxygens (including phenoxy) is 1. The van der Waals surface area contributed by atoms with Crippen molar-refractivity contribution in [3.8, 4) is 5.88 Å². The summed E-state index contributed by atoms with van der Waals surface area (Å²) in [5.74, 6) is 0.282. The summed E-state index contributed by atoms with van der Waals surface area (Å²) in [4.78, 5) is 16.9. The number of aryl methyl sites for hydroxylation is 1. The lowest BCUT2D eigenvalue weighted by molar-refractivity contribution is -0.137. The number of fused-ring (bicyclic) bond motifs is 1. The Kier molecular flexibility index (Phi) is 6.68. The molecule has 1 heterocycles. The summed E-state index contributed by atoms with van der Waals surface area (Å²) in [5.41, 5.74) is 0.199. The van der Waals surface area contributed by atoms with Crippen molar-refractivity contribution in [1.29, 1.82) is 0 Å². The maximum absolute atomic E-state index is 13.0. The van der Waals surface area contributed by atoms with Crippen LogP contribution in [0.5, 0.6) is 5.88 Å². The monoisotopic (exact) mass is 382 g/mol. The summed E-state index contributed by atoms with van der Waals surface area (Å²) in [6.07, 6.45) is -2.61. The number of nitrogens with one attached hydrogen (secondary N) is 1. The van der Waals surface area contributed by atoms with E-state index in [-0.39, 0.29) is 29.5 Å². The van der Waals surface area contributed by atoms with E-state index in [9.17, 15) is 18.0 Å². The van der Waals surface area contributed by atoms with Gasteiger partial charge < -0.3 is 10.1 Å². The zero-order valence-electron chi connectivity index (χ0n) is 16.0. The second kappa shape index (κ2) is 8.59. The van der Waals surface area contributed by atoms with E-state index in [4.69, 9.17) is 4.74 Å². The molecule has 0 aliphatic carbocycles. The van der Waals surface area contributed by atoms with Crippen LogP contribution in [0, 0.1) is 12.8 Å². The molecular weight excluding hydrogens is 357 g/mol. The smallest absolute Gasteiger partial charge is 0.416 e. The number of aromatic nitrogens is 1. The van der Waals surface area contributed by atoms with E-state index in [0.717, 1.165) is 25.0 Å². The molecule has 1 aromatic heterocycles. The van der Waals surface area contributed by atoms with Gasteiger partial charge in [-0.05, 0) is 50.3 Å². The van der Waals surface area contributed by atoms with E-state index in [1.807, 2.05) is 0 Å². The fourth-order valence-electron chi connectivity index (χ4n) is 2.89. The molecule has 1 aromatic carbocycles. The summed E-state index contributed by atoms with van der Waals surface area (Å²) >= 11 is 0. The Morgan fingerprint density at radius 3 is 2.59 bits per heavy atom. The lowest BCUT2D eigenvalue weighted by Gasteiger charge is -2.16. The average Bonchev–Trinajstić information content (AvgIpc) is 2.57. The number of pyridine rings is 1. The zero-order chi connectivity index (χ0) is 20.2. The van der Waals surface area contributed by atoms with Crippen molar-refractivity contribution in [3.05, 3.63) is 34.9 Å². The van der Waals surface area contributed by atoms with Gasteiger partial charge in [-0.1, -0.05) is 19.9 Å². The predicted octanol–water partition coefficient (Wildman–Crippen LogP) is 5.13. The molecule has 1 amide bonds. The minimum absolute atomic E-state index is 0.0585. The first-order valence-electron chi connectivity index (χ1n) is 9.07. The molecule has 0 aliphatic rings. The number of hydrogen-bond donors (Lipinski definition) is 1. The third kappa shape index (κ3) is 5.11. The second-order valence-electron chi connectivity index (χ2n) is 6.87. The number of carbonyl (C=O) groups is 1. The summed E-state index contributed by atoms with van der Waals surface area (Å²) in [7, 11) is 0. The van der Waals surface area contributed by atoms with Crippen LogP contribution in [-0.4, -0.2) is 24.0 Å². The van der Waals surface area contributed by atoms with Gasteiger partial charge in [-0.15, -0.1) is 0 Å². The number of carbonyl (C=O) groups excluding carboxylic acids is 1. The number of hydrogen-bond acceptors (Lipinski definition) is 3. The molecule has 0 saturated carbocycles. The Hall–Kier alpha value is -2.31. The van der Waals surface area contributed by atoms with Crippen LogP contribution in [-0.2, 0) is 6.18 Å². The van der Waals surface area contributed by atoms with Crippen LogP contribution < -0.4 is 10.1 Å². The van der Waals surface area contributed by atoms with Crippen LogP contribution in [0.15, 0.2) is 18.2 Å². The van der Waals surface area contributed by atoms with Crippen molar-refractivity contribution in [2.75, 3.05) is 13.2 Å². The Labute approximate surface area is 157 Å². The normalized spacial score (nSPS) is 11.9. The first-order chi connectivity index (χ1) is 12.6. The molecule has 7 heteroatoms. The van der Waals surface area contributed by atoms with Crippen molar-refractivity contribution in [2.45, 2.75) is 46.7 Å². The molecule has 4 nitrogen and oxygen atoms in total. The van der Waals surface area contributed by atoms with Gasteiger partial charge in [-0.25, -0.2) is 4.98 Å². The lowest BCUT2D eigenvalue weighted by Crippen LogP contribution is -2.26. The van der Waals surface area contributed by atoms with Crippen LogP contribution in [0.25, 0.3) is 10.9 Å². The fraction of sp³-hybridized carbons (Fsp3) is 0.500. The van der Waals surface area contributed by atoms with Crippen molar-refractivity contribution < 1.29 is 22.7 Å². The topological polar surface area (TPSA) is 51.2 Å². The highest BCUT2D eigenvalue weighted by Crippen LogP contribution is 2.34. The minimum Gasteiger partial charge on any atom is -0.477 e. The molecule has 0 unspecified atom stereocenters. The molecule has 2 rings (SSSR count). The largest absolute Gasteiger partial charge is 0.477 e. The van der Waals surface area contributed by atoms with E-state index >= 15 is 0 Å². The van der Waals surface area contributed by atoms with Gasteiger partial charge in [-0.2, -0.15) is 13.2 Å². The maximum atomic E-state index is 13.0. The van der Waals surface area contributed by atoms with E-state index in [1.54, 1.807) is 13.8 Å². The van der Waals surface area contributed by atoms with E-state index < -0.39 is 11.7 Å². The number of benzene rings is 1. The first kappa shape index (κ1) is 21.0. The van der Waals surface area contributed by atoms with Crippen LogP contribution >= 0.6 is 0 Å². The van der Waals surface area contributed by atoms with Crippen molar-refractivity contribution in [1.82, 2.24) is 10.3 Å². The molecule has 0 atom stereocenters. The van der Waals surface area contributed by atoms with Crippen LogP contribution in [0.4, 0.5) is 13.2 Å². The molecule has 148 valence electrons. The number of nitrogens with zero attached hydrogens (tertiary/aromatic N) is 1. The van der Waals surface area contributed by atoms with Crippen LogP contribution in [0.1, 0.15) is 55.1 Å². The average molecular weight is 382 g/mol. The Morgan fingerprint density at radius 2 is 2.00 bits per heavy atom. The van der Waals surface area contributed by atoms with Gasteiger partial charge in [0.25, 0.3) is 5.91 Å². The highest BCUT2D eigenvalue weighted by molar-refractivity contribution is 6.02. The van der Waals surface area contributed by atoms with E-state index in [1.165, 1.54) is 6.07 Å². The predicted molar refractivity (Wildman–Crippen MR) is 99.1 cm³/mol. The molecule has 0 radical (unpaired) electrons. The van der Waals surface area contributed by atoms with Gasteiger partial charge in [0.1, 0.15) is 5.56 Å². The Morgan fingerprint density at radius 1 is 1.30 bits per heavy atom. The highest BCUT2D eigenvalue weighted by Gasteiger charge is 2.31. The van der Waals surface area contributed by atoms with Gasteiger partial charge in [0.15, 0.2) is 0 Å². The van der Waals surface area contributed by atoms with Crippen molar-refractivity contribution in [2.24, 2.45) is 5.92 Å². The molecule has 0 spiro atoms. The Bertz CT molecular complexity index is 817. The van der Waals surface area contributed by atoms with E-state index in [2.05, 4.69) is 24.1 Å². The first-order valence-corrected chi connectivity index (χ1v) is 9.07. The van der Waals surface area contributed by atoms with Gasteiger partial charge in [-0.3, -0.25) is 4.79 Å². The second-order valence-corrected chi connectivity index (χ2v) is 6.87. The number of rotatable bonds is 7. The minimum atomic E-state index is -4.46. The Balaban J connectivity index is 2.41. The summed E-state index contributed by atoms with van der Waals surface area (Å²) in [5, 5.41) is 3.35. The summed E-state index contributed by atoms with van der Waals surface area (Å²) in [6, 6.07) is 3.34. The molecule has 0 bridgehead atoms. The molecule has 0 fully saturated rings. The molecule has 0 saturated heterocycles.